The molecular formula is C14H19NO2. The molecule has 0 aliphatic heterocycles. The predicted octanol–water partition coefficient (Wildman–Crippen LogP) is 1.81. The summed E-state index contributed by atoms with van der Waals surface area (Å²) in [5, 5.41) is 11.6. The number of rotatable bonds is 4. The third-order valence-corrected chi connectivity index (χ3v) is 2.41. The Morgan fingerprint density at radius 1 is 1.47 bits per heavy atom. The van der Waals surface area contributed by atoms with Crippen LogP contribution >= 0.6 is 0 Å². The molecule has 0 aliphatic carbocycles. The zero-order valence-corrected chi connectivity index (χ0v) is 10.5. The Morgan fingerprint density at radius 3 is 2.76 bits per heavy atom. The zero-order chi connectivity index (χ0) is 12.8. The lowest BCUT2D eigenvalue weighted by Gasteiger charge is -2.04. The van der Waals surface area contributed by atoms with E-state index in [0.717, 1.165) is 11.1 Å². The average molecular weight is 233 g/mol. The Labute approximate surface area is 102 Å². The SMILES string of the molecule is Cc1ccc(/C=C/C(=O)NC[C@H](C)O)c(C)c1. The van der Waals surface area contributed by atoms with Gasteiger partial charge in [0, 0.05) is 12.6 Å². The number of carbonyl (C=O) groups excluding carboxylic acids is 1. The predicted molar refractivity (Wildman–Crippen MR) is 69.6 cm³/mol. The van der Waals surface area contributed by atoms with Crippen molar-refractivity contribution in [2.45, 2.75) is 26.9 Å². The number of hydrogen-bond donors (Lipinski definition) is 2. The highest BCUT2D eigenvalue weighted by Crippen LogP contribution is 2.11. The second-order valence-corrected chi connectivity index (χ2v) is 4.29. The fraction of sp³-hybridized carbons (Fsp3) is 0.357. The van der Waals surface area contributed by atoms with Gasteiger partial charge < -0.3 is 10.4 Å². The number of nitrogens with one attached hydrogen (secondary N) is 1. The Bertz CT molecular complexity index is 422. The van der Waals surface area contributed by atoms with E-state index in [4.69, 9.17) is 5.11 Å². The van der Waals surface area contributed by atoms with Crippen molar-refractivity contribution in [2.24, 2.45) is 0 Å². The first kappa shape index (κ1) is 13.5. The monoisotopic (exact) mass is 233 g/mol. The maximum absolute atomic E-state index is 11.4. The highest BCUT2D eigenvalue weighted by molar-refractivity contribution is 5.91. The molecule has 2 N–H and O–H groups in total. The first-order valence-corrected chi connectivity index (χ1v) is 5.70. The van der Waals surface area contributed by atoms with E-state index in [1.807, 2.05) is 26.0 Å². The van der Waals surface area contributed by atoms with E-state index in [-0.39, 0.29) is 12.5 Å². The van der Waals surface area contributed by atoms with Gasteiger partial charge in [-0.05, 0) is 38.0 Å². The van der Waals surface area contributed by atoms with Crippen LogP contribution in [0.4, 0.5) is 0 Å². The van der Waals surface area contributed by atoms with E-state index < -0.39 is 6.10 Å². The Balaban J connectivity index is 2.61. The normalized spacial score (nSPS) is 12.7. The van der Waals surface area contributed by atoms with Gasteiger partial charge >= 0.3 is 0 Å². The van der Waals surface area contributed by atoms with Crippen LogP contribution in [0.25, 0.3) is 6.08 Å². The van der Waals surface area contributed by atoms with Crippen LogP contribution in [0.1, 0.15) is 23.6 Å². The highest BCUT2D eigenvalue weighted by Gasteiger charge is 1.99. The Hall–Kier alpha value is -1.61. The largest absolute Gasteiger partial charge is 0.392 e. The van der Waals surface area contributed by atoms with Crippen LogP contribution in [0, 0.1) is 13.8 Å². The molecule has 1 amide bonds. The molecule has 3 heteroatoms. The Morgan fingerprint density at radius 2 is 2.18 bits per heavy atom. The van der Waals surface area contributed by atoms with Crippen LogP contribution in [-0.4, -0.2) is 23.7 Å². The van der Waals surface area contributed by atoms with Crippen LogP contribution in [0.5, 0.6) is 0 Å². The van der Waals surface area contributed by atoms with Gasteiger partial charge in [-0.1, -0.05) is 23.8 Å². The summed E-state index contributed by atoms with van der Waals surface area (Å²) in [6, 6.07) is 6.08. The lowest BCUT2D eigenvalue weighted by atomic mass is 10.1. The molecule has 3 nitrogen and oxygen atoms in total. The van der Waals surface area contributed by atoms with E-state index in [1.165, 1.54) is 11.6 Å². The van der Waals surface area contributed by atoms with E-state index in [2.05, 4.69) is 11.4 Å². The maximum Gasteiger partial charge on any atom is 0.244 e. The third kappa shape index (κ3) is 4.83. The summed E-state index contributed by atoms with van der Waals surface area (Å²) in [5.74, 6) is -0.189. The Kier molecular flexibility index (Phi) is 4.91. The van der Waals surface area contributed by atoms with Crippen LogP contribution in [0.3, 0.4) is 0 Å². The molecule has 0 heterocycles. The fourth-order valence-corrected chi connectivity index (χ4v) is 1.49. The molecule has 1 aromatic carbocycles. The third-order valence-electron chi connectivity index (χ3n) is 2.41. The van der Waals surface area contributed by atoms with Crippen LogP contribution in [0.15, 0.2) is 24.3 Å². The molecule has 1 rings (SSSR count). The summed E-state index contributed by atoms with van der Waals surface area (Å²) in [7, 11) is 0. The first-order valence-electron chi connectivity index (χ1n) is 5.70. The standard InChI is InChI=1S/C14H19NO2/c1-10-4-5-13(11(2)8-10)6-7-14(17)15-9-12(3)16/h4-8,12,16H,9H2,1-3H3,(H,15,17)/b7-6+/t12-/m0/s1. The van der Waals surface area contributed by atoms with Crippen molar-refractivity contribution >= 4 is 12.0 Å². The maximum atomic E-state index is 11.4. The minimum Gasteiger partial charge on any atom is -0.392 e. The number of aliphatic hydroxyl groups is 1. The van der Waals surface area contributed by atoms with Gasteiger partial charge in [0.15, 0.2) is 0 Å². The molecule has 0 saturated carbocycles. The van der Waals surface area contributed by atoms with E-state index >= 15 is 0 Å². The van der Waals surface area contributed by atoms with Crippen molar-refractivity contribution in [1.29, 1.82) is 0 Å². The molecule has 0 aromatic heterocycles. The van der Waals surface area contributed by atoms with Crippen molar-refractivity contribution in [3.8, 4) is 0 Å². The number of hydrogen-bond acceptors (Lipinski definition) is 2. The smallest absolute Gasteiger partial charge is 0.244 e. The molecule has 1 atom stereocenters. The summed E-state index contributed by atoms with van der Waals surface area (Å²) in [5.41, 5.74) is 3.38. The molecular weight excluding hydrogens is 214 g/mol. The number of benzene rings is 1. The van der Waals surface area contributed by atoms with Gasteiger partial charge in [-0.3, -0.25) is 4.79 Å². The van der Waals surface area contributed by atoms with Crippen molar-refractivity contribution in [2.75, 3.05) is 6.54 Å². The highest BCUT2D eigenvalue weighted by atomic mass is 16.3. The van der Waals surface area contributed by atoms with Gasteiger partial charge in [0.2, 0.25) is 5.91 Å². The molecule has 92 valence electrons. The number of aliphatic hydroxyl groups excluding tert-OH is 1. The number of carbonyl (C=O) groups is 1. The first-order chi connectivity index (χ1) is 7.99. The second kappa shape index (κ2) is 6.21. The van der Waals surface area contributed by atoms with Crippen LogP contribution in [0.2, 0.25) is 0 Å². The summed E-state index contributed by atoms with van der Waals surface area (Å²) < 4.78 is 0. The summed E-state index contributed by atoms with van der Waals surface area (Å²) >= 11 is 0. The number of aryl methyl sites for hydroxylation is 2. The van der Waals surface area contributed by atoms with Crippen molar-refractivity contribution in [1.82, 2.24) is 5.32 Å². The summed E-state index contributed by atoms with van der Waals surface area (Å²) in [4.78, 5) is 11.4. The molecule has 1 aromatic rings. The molecule has 0 radical (unpaired) electrons. The zero-order valence-electron chi connectivity index (χ0n) is 10.5. The average Bonchev–Trinajstić information content (AvgIpc) is 2.25. The summed E-state index contributed by atoms with van der Waals surface area (Å²) in [6.45, 7) is 5.96. The van der Waals surface area contributed by atoms with Gasteiger partial charge in [0.25, 0.3) is 0 Å². The van der Waals surface area contributed by atoms with E-state index in [0.29, 0.717) is 0 Å². The topological polar surface area (TPSA) is 49.3 Å². The van der Waals surface area contributed by atoms with Crippen LogP contribution < -0.4 is 5.32 Å². The molecule has 0 aliphatic rings. The quantitative estimate of drug-likeness (QED) is 0.779. The lowest BCUT2D eigenvalue weighted by Crippen LogP contribution is -2.28. The van der Waals surface area contributed by atoms with E-state index in [1.54, 1.807) is 13.0 Å². The molecule has 0 bridgehead atoms. The van der Waals surface area contributed by atoms with Gasteiger partial charge in [-0.15, -0.1) is 0 Å². The minimum absolute atomic E-state index is 0.189. The number of amides is 1. The minimum atomic E-state index is -0.520. The van der Waals surface area contributed by atoms with Gasteiger partial charge in [-0.2, -0.15) is 0 Å². The molecule has 0 unspecified atom stereocenters. The molecule has 0 fully saturated rings. The van der Waals surface area contributed by atoms with Gasteiger partial charge in [0.05, 0.1) is 6.10 Å². The van der Waals surface area contributed by atoms with Crippen molar-refractivity contribution in [3.63, 3.8) is 0 Å². The molecule has 17 heavy (non-hydrogen) atoms. The van der Waals surface area contributed by atoms with E-state index in [9.17, 15) is 4.79 Å². The van der Waals surface area contributed by atoms with Gasteiger partial charge in [0.1, 0.15) is 0 Å². The van der Waals surface area contributed by atoms with Crippen molar-refractivity contribution in [3.05, 3.63) is 41.0 Å². The molecule has 0 spiro atoms. The summed E-state index contributed by atoms with van der Waals surface area (Å²) in [6.07, 6.45) is 2.75. The van der Waals surface area contributed by atoms with Crippen LogP contribution in [-0.2, 0) is 4.79 Å². The fourth-order valence-electron chi connectivity index (χ4n) is 1.49. The molecule has 0 saturated heterocycles. The van der Waals surface area contributed by atoms with Crippen molar-refractivity contribution < 1.29 is 9.90 Å². The van der Waals surface area contributed by atoms with Gasteiger partial charge in [-0.25, -0.2) is 0 Å². The second-order valence-electron chi connectivity index (χ2n) is 4.29. The lowest BCUT2D eigenvalue weighted by molar-refractivity contribution is -0.116.